The molecule has 1 unspecified atom stereocenters. The third-order valence-electron chi connectivity index (χ3n) is 3.79. The van der Waals surface area contributed by atoms with Gasteiger partial charge in [0.2, 0.25) is 0 Å². The van der Waals surface area contributed by atoms with Crippen molar-refractivity contribution >= 4 is 15.9 Å². The third kappa shape index (κ3) is 3.08. The van der Waals surface area contributed by atoms with Crippen molar-refractivity contribution in [3.8, 4) is 0 Å². The fourth-order valence-corrected chi connectivity index (χ4v) is 2.84. The molecule has 1 N–H and O–H groups in total. The van der Waals surface area contributed by atoms with Crippen molar-refractivity contribution in [1.29, 1.82) is 0 Å². The summed E-state index contributed by atoms with van der Waals surface area (Å²) in [6.45, 7) is 5.36. The van der Waals surface area contributed by atoms with Crippen LogP contribution in [0.5, 0.6) is 0 Å². The molecule has 0 aromatic heterocycles. The summed E-state index contributed by atoms with van der Waals surface area (Å²) in [6, 6.07) is 5.88. The van der Waals surface area contributed by atoms with Gasteiger partial charge in [-0.05, 0) is 51.9 Å². The van der Waals surface area contributed by atoms with Crippen LogP contribution in [0.1, 0.15) is 38.7 Å². The molecule has 0 amide bonds. The summed E-state index contributed by atoms with van der Waals surface area (Å²) in [7, 11) is 0. The van der Waals surface area contributed by atoms with E-state index in [-0.39, 0.29) is 5.82 Å². The average Bonchev–Trinajstić information content (AvgIpc) is 2.60. The number of hydrogen-bond donors (Lipinski definition) is 1. The summed E-state index contributed by atoms with van der Waals surface area (Å²) < 4.78 is 13.9. The SMILES string of the molecule is CC1(C)CCCC1NCc1ccc(Br)c(F)c1. The van der Waals surface area contributed by atoms with Crippen molar-refractivity contribution in [2.24, 2.45) is 5.41 Å². The van der Waals surface area contributed by atoms with Gasteiger partial charge in [-0.15, -0.1) is 0 Å². The maximum absolute atomic E-state index is 13.4. The van der Waals surface area contributed by atoms with Gasteiger partial charge >= 0.3 is 0 Å². The highest BCUT2D eigenvalue weighted by Crippen LogP contribution is 2.37. The Kier molecular flexibility index (Phi) is 3.88. The van der Waals surface area contributed by atoms with Crippen molar-refractivity contribution in [1.82, 2.24) is 5.32 Å². The van der Waals surface area contributed by atoms with Crippen molar-refractivity contribution < 1.29 is 4.39 Å². The Morgan fingerprint density at radius 3 is 2.82 bits per heavy atom. The molecule has 1 fully saturated rings. The summed E-state index contributed by atoms with van der Waals surface area (Å²) in [5.41, 5.74) is 1.38. The molecule has 2 rings (SSSR count). The predicted molar refractivity (Wildman–Crippen MR) is 72.4 cm³/mol. The summed E-state index contributed by atoms with van der Waals surface area (Å²) >= 11 is 3.17. The fourth-order valence-electron chi connectivity index (χ4n) is 2.60. The minimum atomic E-state index is -0.185. The van der Waals surface area contributed by atoms with Gasteiger partial charge in [0.1, 0.15) is 5.82 Å². The van der Waals surface area contributed by atoms with E-state index in [1.54, 1.807) is 12.1 Å². The van der Waals surface area contributed by atoms with Crippen LogP contribution in [0.25, 0.3) is 0 Å². The van der Waals surface area contributed by atoms with Crippen LogP contribution in [-0.2, 0) is 6.54 Å². The van der Waals surface area contributed by atoms with Crippen molar-refractivity contribution in [2.75, 3.05) is 0 Å². The monoisotopic (exact) mass is 299 g/mol. The molecular formula is C14H19BrFN. The maximum atomic E-state index is 13.4. The second kappa shape index (κ2) is 5.07. The van der Waals surface area contributed by atoms with Crippen molar-refractivity contribution in [3.63, 3.8) is 0 Å². The van der Waals surface area contributed by atoms with E-state index >= 15 is 0 Å². The van der Waals surface area contributed by atoms with Crippen LogP contribution in [0, 0.1) is 11.2 Å². The van der Waals surface area contributed by atoms with Crippen LogP contribution in [-0.4, -0.2) is 6.04 Å². The largest absolute Gasteiger partial charge is 0.309 e. The topological polar surface area (TPSA) is 12.0 Å². The fraction of sp³-hybridized carbons (Fsp3) is 0.571. The van der Waals surface area contributed by atoms with E-state index in [1.807, 2.05) is 6.07 Å². The molecule has 1 aromatic carbocycles. The lowest BCUT2D eigenvalue weighted by Gasteiger charge is -2.28. The summed E-state index contributed by atoms with van der Waals surface area (Å²) in [6.07, 6.45) is 3.80. The van der Waals surface area contributed by atoms with Crippen LogP contribution in [0.4, 0.5) is 4.39 Å². The molecule has 3 heteroatoms. The summed E-state index contributed by atoms with van der Waals surface area (Å²) in [5.74, 6) is -0.185. The van der Waals surface area contributed by atoms with Gasteiger partial charge in [0.05, 0.1) is 4.47 Å². The molecular weight excluding hydrogens is 281 g/mol. The average molecular weight is 300 g/mol. The molecule has 17 heavy (non-hydrogen) atoms. The zero-order chi connectivity index (χ0) is 12.5. The predicted octanol–water partition coefficient (Wildman–Crippen LogP) is 4.26. The van der Waals surface area contributed by atoms with Crippen LogP contribution in [0.3, 0.4) is 0 Å². The number of hydrogen-bond acceptors (Lipinski definition) is 1. The van der Waals surface area contributed by atoms with Gasteiger partial charge in [0.15, 0.2) is 0 Å². The molecule has 0 radical (unpaired) electrons. The van der Waals surface area contributed by atoms with Gasteiger partial charge in [-0.1, -0.05) is 26.3 Å². The lowest BCUT2D eigenvalue weighted by molar-refractivity contribution is 0.282. The molecule has 1 atom stereocenters. The van der Waals surface area contributed by atoms with E-state index in [4.69, 9.17) is 0 Å². The summed E-state index contributed by atoms with van der Waals surface area (Å²) in [4.78, 5) is 0. The lowest BCUT2D eigenvalue weighted by atomic mass is 9.87. The smallest absolute Gasteiger partial charge is 0.137 e. The third-order valence-corrected chi connectivity index (χ3v) is 4.44. The molecule has 94 valence electrons. The molecule has 1 nitrogen and oxygen atoms in total. The highest BCUT2D eigenvalue weighted by Gasteiger charge is 2.33. The first-order chi connectivity index (χ1) is 7.99. The first kappa shape index (κ1) is 13.0. The van der Waals surface area contributed by atoms with E-state index in [2.05, 4.69) is 35.1 Å². The molecule has 1 aromatic rings. The number of halogens is 2. The molecule has 1 saturated carbocycles. The first-order valence-electron chi connectivity index (χ1n) is 6.16. The standard InChI is InChI=1S/C14H19BrFN/c1-14(2)7-3-4-13(14)17-9-10-5-6-11(15)12(16)8-10/h5-6,8,13,17H,3-4,7,9H2,1-2H3. The van der Waals surface area contributed by atoms with E-state index in [0.717, 1.165) is 12.1 Å². The summed E-state index contributed by atoms with van der Waals surface area (Å²) in [5, 5.41) is 3.55. The molecule has 0 spiro atoms. The Labute approximate surface area is 111 Å². The van der Waals surface area contributed by atoms with Gasteiger partial charge in [-0.2, -0.15) is 0 Å². The van der Waals surface area contributed by atoms with E-state index < -0.39 is 0 Å². The molecule has 0 bridgehead atoms. The lowest BCUT2D eigenvalue weighted by Crippen LogP contribution is -2.37. The van der Waals surface area contributed by atoms with Gasteiger partial charge < -0.3 is 5.32 Å². The van der Waals surface area contributed by atoms with E-state index in [0.29, 0.717) is 15.9 Å². The number of nitrogens with one attached hydrogen (secondary N) is 1. The Morgan fingerprint density at radius 2 is 2.24 bits per heavy atom. The second-order valence-electron chi connectivity index (χ2n) is 5.56. The van der Waals surface area contributed by atoms with E-state index in [1.165, 1.54) is 19.3 Å². The molecule has 1 aliphatic rings. The van der Waals surface area contributed by atoms with E-state index in [9.17, 15) is 4.39 Å². The van der Waals surface area contributed by atoms with Crippen LogP contribution < -0.4 is 5.32 Å². The van der Waals surface area contributed by atoms with Crippen molar-refractivity contribution in [2.45, 2.75) is 45.7 Å². The van der Waals surface area contributed by atoms with Gasteiger partial charge in [0, 0.05) is 12.6 Å². The van der Waals surface area contributed by atoms with Gasteiger partial charge in [-0.25, -0.2) is 4.39 Å². The number of rotatable bonds is 3. The number of benzene rings is 1. The van der Waals surface area contributed by atoms with Crippen LogP contribution >= 0.6 is 15.9 Å². The zero-order valence-electron chi connectivity index (χ0n) is 10.4. The quantitative estimate of drug-likeness (QED) is 0.879. The van der Waals surface area contributed by atoms with Crippen LogP contribution in [0.15, 0.2) is 22.7 Å². The minimum absolute atomic E-state index is 0.185. The van der Waals surface area contributed by atoms with Gasteiger partial charge in [0.25, 0.3) is 0 Å². The second-order valence-corrected chi connectivity index (χ2v) is 6.42. The first-order valence-corrected chi connectivity index (χ1v) is 6.96. The highest BCUT2D eigenvalue weighted by atomic mass is 79.9. The maximum Gasteiger partial charge on any atom is 0.137 e. The molecule has 0 aliphatic heterocycles. The normalized spacial score (nSPS) is 22.9. The Hall–Kier alpha value is -0.410. The minimum Gasteiger partial charge on any atom is -0.309 e. The Bertz CT molecular complexity index is 403. The van der Waals surface area contributed by atoms with Crippen LogP contribution in [0.2, 0.25) is 0 Å². The Balaban J connectivity index is 1.96. The zero-order valence-corrected chi connectivity index (χ0v) is 12.0. The molecule has 0 heterocycles. The van der Waals surface area contributed by atoms with Gasteiger partial charge in [-0.3, -0.25) is 0 Å². The molecule has 1 aliphatic carbocycles. The highest BCUT2D eigenvalue weighted by molar-refractivity contribution is 9.10. The Morgan fingerprint density at radius 1 is 1.47 bits per heavy atom. The molecule has 0 saturated heterocycles. The van der Waals surface area contributed by atoms with Crippen molar-refractivity contribution in [3.05, 3.63) is 34.1 Å².